The van der Waals surface area contributed by atoms with Gasteiger partial charge in [0.15, 0.2) is 0 Å². The quantitative estimate of drug-likeness (QED) is 0.578. The molecule has 1 atom stereocenters. The summed E-state index contributed by atoms with van der Waals surface area (Å²) in [5.74, 6) is 0. The molecule has 0 radical (unpaired) electrons. The average molecular weight is 244 g/mol. The first-order valence-corrected chi connectivity index (χ1v) is 6.30. The smallest absolute Gasteiger partial charge is 0.247 e. The van der Waals surface area contributed by atoms with E-state index >= 15 is 0 Å². The van der Waals surface area contributed by atoms with Gasteiger partial charge in [0.25, 0.3) is 0 Å². The Kier molecular flexibility index (Phi) is 4.03. The normalized spacial score (nSPS) is 14.1. The first kappa shape index (κ1) is 13.1. The molecule has 1 aromatic carbocycles. The second-order valence-electron chi connectivity index (χ2n) is 3.78. The third kappa shape index (κ3) is 3.02. The maximum absolute atomic E-state index is 12.0. The number of sulfonamides is 1. The summed E-state index contributed by atoms with van der Waals surface area (Å²) >= 11 is 0. The first-order valence-electron chi connectivity index (χ1n) is 4.86. The lowest BCUT2D eigenvalue weighted by molar-refractivity contribution is -0.834. The van der Waals surface area contributed by atoms with E-state index in [4.69, 9.17) is 0 Å². The standard InChI is InChI=1S/C10H16N2O3S/c1-9-4-6-10(7-5-9)16(14,15)12(3)8-11(2)13/h4-7,11H,8H2,1-3H3. The Bertz CT molecular complexity index is 440. The number of nitrogens with zero attached hydrogens (tertiary/aromatic N) is 1. The second-order valence-corrected chi connectivity index (χ2v) is 5.82. The molecule has 0 aromatic heterocycles. The van der Waals surface area contributed by atoms with Crippen molar-refractivity contribution in [2.45, 2.75) is 11.8 Å². The lowest BCUT2D eigenvalue weighted by Gasteiger charge is -2.23. The highest BCUT2D eigenvalue weighted by Gasteiger charge is 2.21. The van der Waals surface area contributed by atoms with Crippen molar-refractivity contribution in [1.82, 2.24) is 4.31 Å². The Hall–Kier alpha value is -0.950. The van der Waals surface area contributed by atoms with E-state index in [0.717, 1.165) is 9.87 Å². The van der Waals surface area contributed by atoms with Gasteiger partial charge in [-0.05, 0) is 19.1 Å². The van der Waals surface area contributed by atoms with E-state index in [1.807, 2.05) is 6.92 Å². The lowest BCUT2D eigenvalue weighted by Crippen LogP contribution is -3.05. The molecule has 0 amide bonds. The maximum Gasteiger partial charge on any atom is 0.247 e. The number of quaternary nitrogens is 1. The summed E-state index contributed by atoms with van der Waals surface area (Å²) in [6.07, 6.45) is 0. The van der Waals surface area contributed by atoms with E-state index in [0.29, 0.717) is 0 Å². The van der Waals surface area contributed by atoms with E-state index in [9.17, 15) is 13.6 Å². The van der Waals surface area contributed by atoms with Gasteiger partial charge in [0.2, 0.25) is 10.0 Å². The summed E-state index contributed by atoms with van der Waals surface area (Å²) in [5.41, 5.74) is 0.994. The SMILES string of the molecule is Cc1ccc(S(=O)(=O)N(C)C[NH+](C)[O-])cc1. The summed E-state index contributed by atoms with van der Waals surface area (Å²) in [6, 6.07) is 6.55. The molecule has 5 nitrogen and oxygen atoms in total. The predicted molar refractivity (Wildman–Crippen MR) is 61.2 cm³/mol. The number of aryl methyl sites for hydroxylation is 1. The third-order valence-corrected chi connectivity index (χ3v) is 3.99. The van der Waals surface area contributed by atoms with Crippen molar-refractivity contribution in [2.24, 2.45) is 0 Å². The number of hydrogen-bond acceptors (Lipinski definition) is 3. The minimum absolute atomic E-state index is 0.101. The van der Waals surface area contributed by atoms with Crippen molar-refractivity contribution in [1.29, 1.82) is 0 Å². The Morgan fingerprint density at radius 3 is 2.25 bits per heavy atom. The lowest BCUT2D eigenvalue weighted by atomic mass is 10.2. The predicted octanol–water partition coefficient (Wildman–Crippen LogP) is -0.414. The van der Waals surface area contributed by atoms with Crippen LogP contribution in [0.25, 0.3) is 0 Å². The highest BCUT2D eigenvalue weighted by molar-refractivity contribution is 7.89. The van der Waals surface area contributed by atoms with Crippen molar-refractivity contribution >= 4 is 10.0 Å². The van der Waals surface area contributed by atoms with E-state index in [2.05, 4.69) is 0 Å². The third-order valence-electron chi connectivity index (χ3n) is 2.17. The largest absolute Gasteiger partial charge is 0.633 e. The molecule has 0 saturated heterocycles. The molecule has 1 rings (SSSR count). The number of hydrogen-bond donors (Lipinski definition) is 1. The van der Waals surface area contributed by atoms with Crippen LogP contribution in [0.1, 0.15) is 5.56 Å². The molecule has 0 saturated carbocycles. The molecule has 90 valence electrons. The summed E-state index contributed by atoms with van der Waals surface area (Å²) in [7, 11) is -0.777. The topological polar surface area (TPSA) is 64.9 Å². The molecule has 6 heteroatoms. The van der Waals surface area contributed by atoms with Gasteiger partial charge < -0.3 is 10.3 Å². The maximum atomic E-state index is 12.0. The summed E-state index contributed by atoms with van der Waals surface area (Å²) < 4.78 is 25.0. The van der Waals surface area contributed by atoms with Gasteiger partial charge in [-0.25, -0.2) is 8.42 Å². The Morgan fingerprint density at radius 1 is 1.31 bits per heavy atom. The minimum Gasteiger partial charge on any atom is -0.633 e. The Morgan fingerprint density at radius 2 is 1.81 bits per heavy atom. The fourth-order valence-electron chi connectivity index (χ4n) is 1.29. The monoisotopic (exact) mass is 244 g/mol. The summed E-state index contributed by atoms with van der Waals surface area (Å²) in [4.78, 5) is 0.210. The van der Waals surface area contributed by atoms with Gasteiger partial charge in [-0.2, -0.15) is 4.31 Å². The Labute approximate surface area is 95.9 Å². The van der Waals surface area contributed by atoms with E-state index in [1.54, 1.807) is 24.3 Å². The molecular weight excluding hydrogens is 228 g/mol. The highest BCUT2D eigenvalue weighted by atomic mass is 32.2. The minimum atomic E-state index is -3.54. The Balaban J connectivity index is 2.97. The van der Waals surface area contributed by atoms with Gasteiger partial charge >= 0.3 is 0 Å². The first-order chi connectivity index (χ1) is 7.34. The second kappa shape index (κ2) is 4.92. The van der Waals surface area contributed by atoms with Crippen LogP contribution in [0.2, 0.25) is 0 Å². The number of rotatable bonds is 4. The number of nitrogens with one attached hydrogen (secondary N) is 1. The zero-order chi connectivity index (χ0) is 12.3. The van der Waals surface area contributed by atoms with Crippen LogP contribution in [0.5, 0.6) is 0 Å². The van der Waals surface area contributed by atoms with Gasteiger partial charge in [0, 0.05) is 7.05 Å². The highest BCUT2D eigenvalue weighted by Crippen LogP contribution is 2.13. The van der Waals surface area contributed by atoms with Crippen LogP contribution in [0.3, 0.4) is 0 Å². The van der Waals surface area contributed by atoms with Gasteiger partial charge in [0.1, 0.15) is 6.67 Å². The van der Waals surface area contributed by atoms with E-state index < -0.39 is 10.0 Å². The molecule has 0 aliphatic carbocycles. The van der Waals surface area contributed by atoms with Crippen molar-refractivity contribution in [3.63, 3.8) is 0 Å². The van der Waals surface area contributed by atoms with Crippen molar-refractivity contribution < 1.29 is 13.5 Å². The number of benzene rings is 1. The van der Waals surface area contributed by atoms with Gasteiger partial charge in [0.05, 0.1) is 11.9 Å². The van der Waals surface area contributed by atoms with Gasteiger partial charge in [-0.15, -0.1) is 0 Å². The molecule has 0 spiro atoms. The van der Waals surface area contributed by atoms with Crippen LogP contribution < -0.4 is 5.06 Å². The van der Waals surface area contributed by atoms with Crippen molar-refractivity contribution in [3.8, 4) is 0 Å². The number of hydroxylamine groups is 2. The molecule has 16 heavy (non-hydrogen) atoms. The van der Waals surface area contributed by atoms with Crippen LogP contribution in [0, 0.1) is 12.1 Å². The van der Waals surface area contributed by atoms with Crippen LogP contribution >= 0.6 is 0 Å². The van der Waals surface area contributed by atoms with Crippen LogP contribution in [-0.4, -0.2) is 33.5 Å². The van der Waals surface area contributed by atoms with Crippen LogP contribution in [0.4, 0.5) is 0 Å². The fraction of sp³-hybridized carbons (Fsp3) is 0.400. The molecular formula is C10H16N2O3S. The van der Waals surface area contributed by atoms with E-state index in [1.165, 1.54) is 14.1 Å². The molecule has 0 aliphatic rings. The van der Waals surface area contributed by atoms with Gasteiger partial charge in [-0.1, -0.05) is 17.7 Å². The molecule has 0 fully saturated rings. The molecule has 0 bridgehead atoms. The summed E-state index contributed by atoms with van der Waals surface area (Å²) in [5, 5.41) is 10.7. The zero-order valence-corrected chi connectivity index (χ0v) is 10.4. The van der Waals surface area contributed by atoms with Crippen molar-refractivity contribution in [2.75, 3.05) is 20.8 Å². The van der Waals surface area contributed by atoms with Crippen LogP contribution in [0.15, 0.2) is 29.2 Å². The average Bonchev–Trinajstić information content (AvgIpc) is 2.17. The fourth-order valence-corrected chi connectivity index (χ4v) is 2.48. The molecule has 1 N–H and O–H groups in total. The summed E-state index contributed by atoms with van der Waals surface area (Å²) in [6.45, 7) is 1.78. The molecule has 1 aromatic rings. The van der Waals surface area contributed by atoms with E-state index in [-0.39, 0.29) is 16.6 Å². The van der Waals surface area contributed by atoms with Gasteiger partial charge in [-0.3, -0.25) is 0 Å². The molecule has 1 unspecified atom stereocenters. The zero-order valence-electron chi connectivity index (χ0n) is 9.60. The van der Waals surface area contributed by atoms with Crippen LogP contribution in [-0.2, 0) is 10.0 Å². The molecule has 0 aliphatic heterocycles. The van der Waals surface area contributed by atoms with Crippen molar-refractivity contribution in [3.05, 3.63) is 35.0 Å². The molecule has 0 heterocycles.